The van der Waals surface area contributed by atoms with Crippen molar-refractivity contribution in [2.45, 2.75) is 12.5 Å². The number of aromatic nitrogens is 1. The van der Waals surface area contributed by atoms with Crippen molar-refractivity contribution >= 4 is 5.97 Å². The van der Waals surface area contributed by atoms with Gasteiger partial charge in [-0.2, -0.15) is 0 Å². The molecule has 1 atom stereocenters. The number of carbonyl (C=O) groups is 1. The average molecular weight is 196 g/mol. The van der Waals surface area contributed by atoms with Crippen LogP contribution in [0.2, 0.25) is 0 Å². The second kappa shape index (κ2) is 4.06. The number of aliphatic carboxylic acids is 1. The molecule has 0 aliphatic rings. The van der Waals surface area contributed by atoms with Crippen molar-refractivity contribution in [1.29, 1.82) is 0 Å². The molecule has 0 bridgehead atoms. The van der Waals surface area contributed by atoms with Crippen LogP contribution in [0.3, 0.4) is 0 Å². The summed E-state index contributed by atoms with van der Waals surface area (Å²) in [6, 6.07) is 2.06. The third kappa shape index (κ3) is 2.43. The Hall–Kier alpha value is -1.62. The number of carboxylic acid groups (broad SMARTS) is 1. The highest BCUT2D eigenvalue weighted by Crippen LogP contribution is 1.99. The quantitative estimate of drug-likeness (QED) is 0.672. The molecule has 1 aromatic heterocycles. The standard InChI is InChI=1S/C9H12N2O3/c1-11-5-6(2-3-8(11)12)4-7(10)9(13)14/h2-3,5,7H,4,10H2,1H3,(H,13,14)/t7-/m1/s1. The van der Waals surface area contributed by atoms with Crippen LogP contribution in [-0.4, -0.2) is 21.7 Å². The summed E-state index contributed by atoms with van der Waals surface area (Å²) in [4.78, 5) is 21.5. The van der Waals surface area contributed by atoms with Crippen LogP contribution < -0.4 is 11.3 Å². The average Bonchev–Trinajstić information content (AvgIpc) is 2.11. The zero-order valence-corrected chi connectivity index (χ0v) is 7.80. The van der Waals surface area contributed by atoms with Crippen LogP contribution in [0, 0.1) is 0 Å². The van der Waals surface area contributed by atoms with Crippen LogP contribution in [0.15, 0.2) is 23.1 Å². The summed E-state index contributed by atoms with van der Waals surface area (Å²) in [6.07, 6.45) is 1.81. The van der Waals surface area contributed by atoms with E-state index < -0.39 is 12.0 Å². The van der Waals surface area contributed by atoms with Gasteiger partial charge in [0.05, 0.1) is 0 Å². The van der Waals surface area contributed by atoms with Gasteiger partial charge in [0.25, 0.3) is 0 Å². The first kappa shape index (κ1) is 10.5. The highest BCUT2D eigenvalue weighted by Gasteiger charge is 2.11. The maximum atomic E-state index is 11.0. The minimum Gasteiger partial charge on any atom is -0.480 e. The molecular formula is C9H12N2O3. The molecular weight excluding hydrogens is 184 g/mol. The van der Waals surface area contributed by atoms with E-state index in [0.717, 1.165) is 5.56 Å². The SMILES string of the molecule is Cn1cc(C[C@@H](N)C(=O)O)ccc1=O. The van der Waals surface area contributed by atoms with Gasteiger partial charge in [-0.1, -0.05) is 6.07 Å². The molecule has 76 valence electrons. The maximum Gasteiger partial charge on any atom is 0.320 e. The smallest absolute Gasteiger partial charge is 0.320 e. The van der Waals surface area contributed by atoms with E-state index in [-0.39, 0.29) is 12.0 Å². The van der Waals surface area contributed by atoms with Crippen molar-refractivity contribution in [3.8, 4) is 0 Å². The Bertz CT molecular complexity index is 397. The van der Waals surface area contributed by atoms with Gasteiger partial charge >= 0.3 is 5.97 Å². The molecule has 0 amide bonds. The lowest BCUT2D eigenvalue weighted by Crippen LogP contribution is -2.32. The van der Waals surface area contributed by atoms with E-state index in [2.05, 4.69) is 0 Å². The lowest BCUT2D eigenvalue weighted by Gasteiger charge is -2.06. The number of nitrogens with zero attached hydrogens (tertiary/aromatic N) is 1. The monoisotopic (exact) mass is 196 g/mol. The second-order valence-corrected chi connectivity index (χ2v) is 3.14. The lowest BCUT2D eigenvalue weighted by atomic mass is 10.1. The third-order valence-corrected chi connectivity index (χ3v) is 1.92. The summed E-state index contributed by atoms with van der Waals surface area (Å²) in [5.74, 6) is -1.04. The predicted molar refractivity (Wildman–Crippen MR) is 51.0 cm³/mol. The van der Waals surface area contributed by atoms with E-state index in [0.29, 0.717) is 0 Å². The molecule has 5 nitrogen and oxygen atoms in total. The van der Waals surface area contributed by atoms with Crippen LogP contribution in [0.25, 0.3) is 0 Å². The fourth-order valence-corrected chi connectivity index (χ4v) is 1.11. The van der Waals surface area contributed by atoms with Crippen molar-refractivity contribution in [3.63, 3.8) is 0 Å². The normalized spacial score (nSPS) is 12.4. The maximum absolute atomic E-state index is 11.0. The van der Waals surface area contributed by atoms with E-state index >= 15 is 0 Å². The van der Waals surface area contributed by atoms with Crippen molar-refractivity contribution < 1.29 is 9.90 Å². The molecule has 0 saturated carbocycles. The van der Waals surface area contributed by atoms with Gasteiger partial charge in [0.2, 0.25) is 5.56 Å². The number of carboxylic acids is 1. The highest BCUT2D eigenvalue weighted by atomic mass is 16.4. The van der Waals surface area contributed by atoms with Crippen LogP contribution in [0.4, 0.5) is 0 Å². The molecule has 0 saturated heterocycles. The van der Waals surface area contributed by atoms with Gasteiger partial charge in [-0.15, -0.1) is 0 Å². The molecule has 1 rings (SSSR count). The Morgan fingerprint density at radius 2 is 2.29 bits per heavy atom. The van der Waals surface area contributed by atoms with Crippen molar-refractivity contribution in [3.05, 3.63) is 34.2 Å². The molecule has 14 heavy (non-hydrogen) atoms. The van der Waals surface area contributed by atoms with E-state index in [1.807, 2.05) is 0 Å². The van der Waals surface area contributed by atoms with Crippen LogP contribution in [0.5, 0.6) is 0 Å². The molecule has 1 heterocycles. The zero-order chi connectivity index (χ0) is 10.7. The van der Waals surface area contributed by atoms with E-state index in [4.69, 9.17) is 10.8 Å². The Balaban J connectivity index is 2.83. The van der Waals surface area contributed by atoms with Crippen LogP contribution >= 0.6 is 0 Å². The summed E-state index contributed by atoms with van der Waals surface area (Å²) in [6.45, 7) is 0. The fourth-order valence-electron chi connectivity index (χ4n) is 1.11. The van der Waals surface area contributed by atoms with Crippen molar-refractivity contribution in [2.24, 2.45) is 12.8 Å². The summed E-state index contributed by atoms with van der Waals surface area (Å²) in [7, 11) is 1.61. The molecule has 5 heteroatoms. The first-order chi connectivity index (χ1) is 6.50. The summed E-state index contributed by atoms with van der Waals surface area (Å²) in [5.41, 5.74) is 5.96. The lowest BCUT2D eigenvalue weighted by molar-refractivity contribution is -0.138. The minimum absolute atomic E-state index is 0.127. The molecule has 0 aromatic carbocycles. The molecule has 0 unspecified atom stereocenters. The second-order valence-electron chi connectivity index (χ2n) is 3.14. The van der Waals surface area contributed by atoms with Crippen molar-refractivity contribution in [1.82, 2.24) is 4.57 Å². The number of aryl methyl sites for hydroxylation is 1. The summed E-state index contributed by atoms with van der Waals surface area (Å²) in [5, 5.41) is 8.57. The van der Waals surface area contributed by atoms with E-state index in [1.165, 1.54) is 10.6 Å². The number of hydrogen-bond donors (Lipinski definition) is 2. The van der Waals surface area contributed by atoms with Crippen LogP contribution in [-0.2, 0) is 18.3 Å². The molecule has 0 spiro atoms. The van der Waals surface area contributed by atoms with Gasteiger partial charge in [-0.3, -0.25) is 9.59 Å². The van der Waals surface area contributed by atoms with Gasteiger partial charge in [-0.05, 0) is 12.0 Å². The van der Waals surface area contributed by atoms with Gasteiger partial charge in [0.15, 0.2) is 0 Å². The fraction of sp³-hybridized carbons (Fsp3) is 0.333. The minimum atomic E-state index is -1.04. The molecule has 3 N–H and O–H groups in total. The van der Waals surface area contributed by atoms with E-state index in [9.17, 15) is 9.59 Å². The number of nitrogens with two attached hydrogens (primary N) is 1. The van der Waals surface area contributed by atoms with Crippen LogP contribution in [0.1, 0.15) is 5.56 Å². The number of hydrogen-bond acceptors (Lipinski definition) is 3. The Morgan fingerprint density at radius 3 is 2.79 bits per heavy atom. The zero-order valence-electron chi connectivity index (χ0n) is 7.80. The molecule has 0 aliphatic carbocycles. The van der Waals surface area contributed by atoms with E-state index in [1.54, 1.807) is 19.3 Å². The van der Waals surface area contributed by atoms with Gasteiger partial charge in [0.1, 0.15) is 6.04 Å². The number of rotatable bonds is 3. The van der Waals surface area contributed by atoms with Gasteiger partial charge in [-0.25, -0.2) is 0 Å². The Morgan fingerprint density at radius 1 is 1.64 bits per heavy atom. The number of pyridine rings is 1. The first-order valence-electron chi connectivity index (χ1n) is 4.14. The first-order valence-corrected chi connectivity index (χ1v) is 4.14. The summed E-state index contributed by atoms with van der Waals surface area (Å²) < 4.78 is 1.39. The Kier molecular flexibility index (Phi) is 3.03. The summed E-state index contributed by atoms with van der Waals surface area (Å²) >= 11 is 0. The molecule has 0 fully saturated rings. The highest BCUT2D eigenvalue weighted by molar-refractivity contribution is 5.73. The van der Waals surface area contributed by atoms with Crippen molar-refractivity contribution in [2.75, 3.05) is 0 Å². The predicted octanol–water partition coefficient (Wildman–Crippen LogP) is -0.660. The topological polar surface area (TPSA) is 85.3 Å². The Labute approximate surface area is 80.8 Å². The third-order valence-electron chi connectivity index (χ3n) is 1.92. The largest absolute Gasteiger partial charge is 0.480 e. The molecule has 1 aromatic rings. The molecule has 0 aliphatic heterocycles. The molecule has 0 radical (unpaired) electrons. The van der Waals surface area contributed by atoms with Gasteiger partial charge < -0.3 is 15.4 Å². The van der Waals surface area contributed by atoms with Gasteiger partial charge in [0, 0.05) is 19.3 Å².